The second-order valence-corrected chi connectivity index (χ2v) is 8.11. The van der Waals surface area contributed by atoms with Crippen molar-refractivity contribution >= 4 is 11.9 Å². The summed E-state index contributed by atoms with van der Waals surface area (Å²) in [7, 11) is 0. The van der Waals surface area contributed by atoms with Gasteiger partial charge < -0.3 is 19.6 Å². The number of hydroxylamine groups is 2. The molecule has 198 valence electrons. The number of aromatic amines is 4. The predicted molar refractivity (Wildman–Crippen MR) is 128 cm³/mol. The number of aromatic nitrogens is 4. The van der Waals surface area contributed by atoms with Crippen LogP contribution in [0.5, 0.6) is 0 Å². The summed E-state index contributed by atoms with van der Waals surface area (Å²) in [5, 5.41) is 0. The first-order valence-corrected chi connectivity index (χ1v) is 11.9. The highest BCUT2D eigenvalue weighted by atomic mass is 16.7. The van der Waals surface area contributed by atoms with E-state index in [1.54, 1.807) is 0 Å². The predicted octanol–water partition coefficient (Wildman–Crippen LogP) is 0.364. The van der Waals surface area contributed by atoms with Gasteiger partial charge in [-0.05, 0) is 12.8 Å². The first-order valence-electron chi connectivity index (χ1n) is 11.9. The fourth-order valence-electron chi connectivity index (χ4n) is 3.31. The van der Waals surface area contributed by atoms with Crippen LogP contribution in [0, 0.1) is 0 Å². The van der Waals surface area contributed by atoms with Crippen LogP contribution >= 0.6 is 0 Å². The fraction of sp³-hybridized carbons (Fsp3) is 0.545. The summed E-state index contributed by atoms with van der Waals surface area (Å²) in [6.45, 7) is 0.953. The zero-order valence-electron chi connectivity index (χ0n) is 19.9. The summed E-state index contributed by atoms with van der Waals surface area (Å²) in [5.41, 5.74) is 1.76. The molecule has 0 saturated heterocycles. The maximum atomic E-state index is 11.7. The molecule has 0 radical (unpaired) electrons. The first kappa shape index (κ1) is 28.5. The van der Waals surface area contributed by atoms with E-state index < -0.39 is 34.4 Å². The molecule has 2 rings (SSSR count). The van der Waals surface area contributed by atoms with Gasteiger partial charge in [-0.3, -0.25) is 19.6 Å². The second kappa shape index (κ2) is 16.0. The van der Waals surface area contributed by atoms with Crippen LogP contribution in [-0.2, 0) is 9.68 Å². The lowest BCUT2D eigenvalue weighted by Crippen LogP contribution is -2.28. The number of carbonyl (C=O) groups is 2. The molecule has 14 nitrogen and oxygen atoms in total. The third kappa shape index (κ3) is 11.6. The minimum absolute atomic E-state index is 0.212. The Hall–Kier alpha value is -3.78. The normalized spacial score (nSPS) is 10.8. The zero-order chi connectivity index (χ0) is 26.2. The Morgan fingerprint density at radius 1 is 0.556 bits per heavy atom. The summed E-state index contributed by atoms with van der Waals surface area (Å²) in [5.74, 6) is -1.64. The second-order valence-electron chi connectivity index (χ2n) is 8.11. The standard InChI is InChI=1S/C22H32N6O8/c29-17-13-15(25-21(33)27-17)19(31)35-23-11-9-7-5-3-1-2-4-6-8-10-12-24-36-20(32)16-14-18(30)28-22(34)26-16/h13-14,23-24H,1-12H2,(H2,25,27,29,33)(H2,26,28,30,34). The Kier molecular flexibility index (Phi) is 12.6. The third-order valence-electron chi connectivity index (χ3n) is 5.10. The van der Waals surface area contributed by atoms with Gasteiger partial charge in [-0.15, -0.1) is 0 Å². The van der Waals surface area contributed by atoms with Gasteiger partial charge in [0.1, 0.15) is 11.4 Å². The van der Waals surface area contributed by atoms with Gasteiger partial charge in [-0.2, -0.15) is 11.0 Å². The van der Waals surface area contributed by atoms with Crippen LogP contribution in [0.2, 0.25) is 0 Å². The van der Waals surface area contributed by atoms with Gasteiger partial charge >= 0.3 is 23.3 Å². The Bertz CT molecular complexity index is 1050. The van der Waals surface area contributed by atoms with E-state index in [2.05, 4.69) is 20.9 Å². The lowest BCUT2D eigenvalue weighted by Gasteiger charge is -2.06. The lowest BCUT2D eigenvalue weighted by molar-refractivity contribution is 0.0235. The quantitative estimate of drug-likeness (QED) is 0.128. The van der Waals surface area contributed by atoms with E-state index >= 15 is 0 Å². The lowest BCUT2D eigenvalue weighted by atomic mass is 10.1. The van der Waals surface area contributed by atoms with Crippen LogP contribution in [0.15, 0.2) is 31.3 Å². The average molecular weight is 509 g/mol. The summed E-state index contributed by atoms with van der Waals surface area (Å²) in [6.07, 6.45) is 10.3. The molecule has 2 aromatic heterocycles. The molecule has 0 saturated carbocycles. The Morgan fingerprint density at radius 2 is 0.889 bits per heavy atom. The van der Waals surface area contributed by atoms with Crippen molar-refractivity contribution < 1.29 is 19.3 Å². The van der Waals surface area contributed by atoms with Gasteiger partial charge in [0.2, 0.25) is 0 Å². The van der Waals surface area contributed by atoms with Gasteiger partial charge in [0.05, 0.1) is 0 Å². The number of H-pyrrole nitrogens is 4. The van der Waals surface area contributed by atoms with E-state index in [0.717, 1.165) is 76.3 Å². The molecular weight excluding hydrogens is 476 g/mol. The van der Waals surface area contributed by atoms with Gasteiger partial charge in [0, 0.05) is 25.2 Å². The minimum atomic E-state index is -0.822. The third-order valence-corrected chi connectivity index (χ3v) is 5.10. The van der Waals surface area contributed by atoms with Crippen molar-refractivity contribution in [3.8, 4) is 0 Å². The number of hydrogen-bond donors (Lipinski definition) is 6. The molecule has 6 N–H and O–H groups in total. The Balaban J connectivity index is 1.36. The number of carbonyl (C=O) groups excluding carboxylic acids is 2. The molecule has 14 heteroatoms. The molecule has 2 aromatic rings. The summed E-state index contributed by atoms with van der Waals surface area (Å²) in [4.78, 5) is 86.0. The highest BCUT2D eigenvalue weighted by molar-refractivity contribution is 5.87. The molecule has 36 heavy (non-hydrogen) atoms. The van der Waals surface area contributed by atoms with Crippen LogP contribution in [0.25, 0.3) is 0 Å². The van der Waals surface area contributed by atoms with Crippen molar-refractivity contribution in [1.29, 1.82) is 0 Å². The van der Waals surface area contributed by atoms with Crippen LogP contribution in [-0.4, -0.2) is 45.0 Å². The van der Waals surface area contributed by atoms with Crippen molar-refractivity contribution in [2.24, 2.45) is 0 Å². The molecule has 2 heterocycles. The van der Waals surface area contributed by atoms with E-state index in [-0.39, 0.29) is 11.4 Å². The topological polar surface area (TPSA) is 208 Å². The minimum Gasteiger partial charge on any atom is -0.366 e. The molecule has 0 fully saturated rings. The molecule has 0 aliphatic carbocycles. The van der Waals surface area contributed by atoms with Crippen molar-refractivity contribution in [3.05, 3.63) is 65.2 Å². The molecule has 0 aromatic carbocycles. The maximum Gasteiger partial charge on any atom is 0.373 e. The van der Waals surface area contributed by atoms with Crippen molar-refractivity contribution in [2.45, 2.75) is 64.2 Å². The Morgan fingerprint density at radius 3 is 1.22 bits per heavy atom. The van der Waals surface area contributed by atoms with Crippen molar-refractivity contribution in [3.63, 3.8) is 0 Å². The molecule has 0 spiro atoms. The largest absolute Gasteiger partial charge is 0.373 e. The number of unbranched alkanes of at least 4 members (excludes halogenated alkanes) is 9. The average Bonchev–Trinajstić information content (AvgIpc) is 2.82. The van der Waals surface area contributed by atoms with Crippen molar-refractivity contribution in [1.82, 2.24) is 30.9 Å². The van der Waals surface area contributed by atoms with E-state index in [1.165, 1.54) is 0 Å². The van der Waals surface area contributed by atoms with Crippen LogP contribution < -0.4 is 33.5 Å². The molecular formula is C22H32N6O8. The summed E-state index contributed by atoms with van der Waals surface area (Å²) in [6, 6.07) is 1.92. The number of hydrogen-bond acceptors (Lipinski definition) is 10. The monoisotopic (exact) mass is 508 g/mol. The number of rotatable bonds is 17. The van der Waals surface area contributed by atoms with Gasteiger partial charge in [0.15, 0.2) is 0 Å². The molecule has 0 aliphatic heterocycles. The van der Waals surface area contributed by atoms with Crippen molar-refractivity contribution in [2.75, 3.05) is 13.1 Å². The Labute approximate surface area is 205 Å². The summed E-state index contributed by atoms with van der Waals surface area (Å²) < 4.78 is 0. The zero-order valence-corrected chi connectivity index (χ0v) is 19.9. The SMILES string of the molecule is O=C(ONCCCCCCCCCCCCNOC(=O)c1cc(=O)[nH]c(=O)[nH]1)c1cc(=O)[nH]c(=O)[nH]1. The summed E-state index contributed by atoms with van der Waals surface area (Å²) >= 11 is 0. The molecule has 0 bridgehead atoms. The first-order chi connectivity index (χ1) is 17.3. The van der Waals surface area contributed by atoms with Gasteiger partial charge in [0.25, 0.3) is 11.1 Å². The van der Waals surface area contributed by atoms with Crippen LogP contribution in [0.3, 0.4) is 0 Å². The number of nitrogens with one attached hydrogen (secondary N) is 6. The highest BCUT2D eigenvalue weighted by Gasteiger charge is 2.10. The van der Waals surface area contributed by atoms with Gasteiger partial charge in [-0.25, -0.2) is 19.2 Å². The highest BCUT2D eigenvalue weighted by Crippen LogP contribution is 2.10. The van der Waals surface area contributed by atoms with E-state index in [0.29, 0.717) is 13.1 Å². The smallest absolute Gasteiger partial charge is 0.366 e. The molecule has 0 aliphatic rings. The van der Waals surface area contributed by atoms with E-state index in [1.807, 2.05) is 9.97 Å². The molecule has 0 unspecified atom stereocenters. The van der Waals surface area contributed by atoms with E-state index in [4.69, 9.17) is 9.68 Å². The van der Waals surface area contributed by atoms with E-state index in [9.17, 15) is 28.8 Å². The maximum absolute atomic E-state index is 11.7. The fourth-order valence-corrected chi connectivity index (χ4v) is 3.31. The van der Waals surface area contributed by atoms with Crippen LogP contribution in [0.1, 0.15) is 85.2 Å². The van der Waals surface area contributed by atoms with Gasteiger partial charge in [-0.1, -0.05) is 51.4 Å². The molecule has 0 amide bonds. The van der Waals surface area contributed by atoms with Crippen LogP contribution in [0.4, 0.5) is 0 Å². The molecule has 0 atom stereocenters.